The van der Waals surface area contributed by atoms with E-state index in [2.05, 4.69) is 30.1 Å². The van der Waals surface area contributed by atoms with Crippen LogP contribution in [0.25, 0.3) is 11.0 Å². The van der Waals surface area contributed by atoms with E-state index < -0.39 is 0 Å². The number of furan rings is 1. The minimum atomic E-state index is 0.535. The molecule has 1 N–H and O–H groups in total. The normalized spacial score (nSPS) is 11.6. The summed E-state index contributed by atoms with van der Waals surface area (Å²) in [6, 6.07) is 8.15. The molecule has 0 fully saturated rings. The molecule has 0 aliphatic rings. The summed E-state index contributed by atoms with van der Waals surface area (Å²) in [4.78, 5) is 2.35. The lowest BCUT2D eigenvalue weighted by Crippen LogP contribution is -2.27. The Morgan fingerprint density at radius 2 is 1.95 bits per heavy atom. The van der Waals surface area contributed by atoms with Gasteiger partial charge >= 0.3 is 0 Å². The highest BCUT2D eigenvalue weighted by atomic mass is 16.5. The summed E-state index contributed by atoms with van der Waals surface area (Å²) in [5.41, 5.74) is 2.14. The number of nitrogens with zero attached hydrogens (tertiary/aromatic N) is 1. The first-order valence-corrected chi connectivity index (χ1v) is 7.74. The van der Waals surface area contributed by atoms with Crippen molar-refractivity contribution in [2.24, 2.45) is 0 Å². The molecule has 0 amide bonds. The first-order valence-electron chi connectivity index (χ1n) is 7.74. The van der Waals surface area contributed by atoms with Crippen LogP contribution >= 0.6 is 0 Å². The van der Waals surface area contributed by atoms with Crippen molar-refractivity contribution in [3.63, 3.8) is 0 Å². The molecule has 0 atom stereocenters. The molecule has 0 saturated heterocycles. The van der Waals surface area contributed by atoms with Crippen LogP contribution in [0.15, 0.2) is 28.7 Å². The molecule has 1 aromatic heterocycles. The van der Waals surface area contributed by atoms with E-state index in [1.165, 1.54) is 10.9 Å². The summed E-state index contributed by atoms with van der Waals surface area (Å²) in [5, 5.41) is 4.38. The van der Waals surface area contributed by atoms with Gasteiger partial charge in [0.05, 0.1) is 6.61 Å². The molecular formula is C17H26N2O2. The minimum Gasteiger partial charge on any atom is -0.458 e. The number of fused-ring (bicyclic) bond motifs is 1. The fourth-order valence-corrected chi connectivity index (χ4v) is 2.53. The quantitative estimate of drug-likeness (QED) is 0.720. The highest BCUT2D eigenvalue weighted by Crippen LogP contribution is 2.26. The zero-order valence-electron chi connectivity index (χ0n) is 13.3. The lowest BCUT2D eigenvalue weighted by Gasteiger charge is -2.17. The van der Waals surface area contributed by atoms with Crippen LogP contribution in [0.4, 0.5) is 0 Å². The fraction of sp³-hybridized carbons (Fsp3) is 0.529. The number of benzene rings is 1. The van der Waals surface area contributed by atoms with Crippen molar-refractivity contribution in [3.05, 3.63) is 35.6 Å². The number of hydrogen-bond acceptors (Lipinski definition) is 4. The molecular weight excluding hydrogens is 264 g/mol. The van der Waals surface area contributed by atoms with E-state index >= 15 is 0 Å². The topological polar surface area (TPSA) is 37.6 Å². The third-order valence-corrected chi connectivity index (χ3v) is 3.81. The standard InChI is InChI=1S/C17H26N2O2/c1-4-19(5-2)10-11-20-13-17-15(12-18-3)14-8-6-7-9-16(14)21-17/h6-9,18H,4-5,10-13H2,1-3H3. The Kier molecular flexibility index (Phi) is 6.23. The first kappa shape index (κ1) is 16.0. The van der Waals surface area contributed by atoms with Crippen molar-refractivity contribution in [2.75, 3.05) is 33.3 Å². The molecule has 21 heavy (non-hydrogen) atoms. The van der Waals surface area contributed by atoms with Gasteiger partial charge in [0.25, 0.3) is 0 Å². The highest BCUT2D eigenvalue weighted by molar-refractivity contribution is 5.82. The average molecular weight is 290 g/mol. The van der Waals surface area contributed by atoms with Crippen LogP contribution in [-0.4, -0.2) is 38.2 Å². The highest BCUT2D eigenvalue weighted by Gasteiger charge is 2.13. The summed E-state index contributed by atoms with van der Waals surface area (Å²) in [5.74, 6) is 0.935. The number of ether oxygens (including phenoxy) is 1. The molecule has 0 aliphatic carbocycles. The van der Waals surface area contributed by atoms with E-state index in [4.69, 9.17) is 9.15 Å². The molecule has 2 rings (SSSR count). The maximum atomic E-state index is 5.93. The second-order valence-corrected chi connectivity index (χ2v) is 5.11. The number of hydrogen-bond donors (Lipinski definition) is 1. The van der Waals surface area contributed by atoms with Gasteiger partial charge < -0.3 is 19.4 Å². The van der Waals surface area contributed by atoms with Gasteiger partial charge in [0, 0.05) is 24.0 Å². The molecule has 4 nitrogen and oxygen atoms in total. The predicted molar refractivity (Wildman–Crippen MR) is 86.4 cm³/mol. The van der Waals surface area contributed by atoms with E-state index in [0.717, 1.165) is 44.1 Å². The first-order chi connectivity index (χ1) is 10.3. The second-order valence-electron chi connectivity index (χ2n) is 5.11. The van der Waals surface area contributed by atoms with Gasteiger partial charge in [-0.1, -0.05) is 32.0 Å². The molecule has 4 heteroatoms. The average Bonchev–Trinajstić information content (AvgIpc) is 2.86. The Morgan fingerprint density at radius 3 is 2.67 bits per heavy atom. The molecule has 0 aliphatic heterocycles. The summed E-state index contributed by atoms with van der Waals surface area (Å²) >= 11 is 0. The van der Waals surface area contributed by atoms with E-state index in [1.807, 2.05) is 25.2 Å². The van der Waals surface area contributed by atoms with Crippen LogP contribution in [0, 0.1) is 0 Å². The van der Waals surface area contributed by atoms with Crippen LogP contribution in [0.2, 0.25) is 0 Å². The Hall–Kier alpha value is -1.36. The Labute approximate surface area is 127 Å². The number of para-hydroxylation sites is 1. The van der Waals surface area contributed by atoms with Gasteiger partial charge in [-0.05, 0) is 26.2 Å². The van der Waals surface area contributed by atoms with Crippen LogP contribution in [0.3, 0.4) is 0 Å². The second kappa shape index (κ2) is 8.17. The van der Waals surface area contributed by atoms with Crippen molar-refractivity contribution in [1.82, 2.24) is 10.2 Å². The molecule has 0 bridgehead atoms. The van der Waals surface area contributed by atoms with E-state index in [-0.39, 0.29) is 0 Å². The number of rotatable bonds is 9. The zero-order chi connectivity index (χ0) is 15.1. The fourth-order valence-electron chi connectivity index (χ4n) is 2.53. The molecule has 116 valence electrons. The van der Waals surface area contributed by atoms with Crippen molar-refractivity contribution >= 4 is 11.0 Å². The van der Waals surface area contributed by atoms with Gasteiger partial charge in [0.2, 0.25) is 0 Å². The molecule has 0 radical (unpaired) electrons. The lowest BCUT2D eigenvalue weighted by molar-refractivity contribution is 0.0846. The van der Waals surface area contributed by atoms with Gasteiger partial charge in [0.15, 0.2) is 0 Å². The van der Waals surface area contributed by atoms with Gasteiger partial charge in [-0.2, -0.15) is 0 Å². The maximum Gasteiger partial charge on any atom is 0.135 e. The zero-order valence-corrected chi connectivity index (χ0v) is 13.3. The van der Waals surface area contributed by atoms with Crippen molar-refractivity contribution < 1.29 is 9.15 Å². The Morgan fingerprint density at radius 1 is 1.19 bits per heavy atom. The molecule has 1 aromatic carbocycles. The van der Waals surface area contributed by atoms with Crippen LogP contribution in [0.1, 0.15) is 25.2 Å². The largest absolute Gasteiger partial charge is 0.458 e. The summed E-state index contributed by atoms with van der Waals surface area (Å²) in [6.45, 7) is 9.51. The van der Waals surface area contributed by atoms with Crippen LogP contribution < -0.4 is 5.32 Å². The summed E-state index contributed by atoms with van der Waals surface area (Å²) < 4.78 is 11.7. The van der Waals surface area contributed by atoms with Crippen LogP contribution in [-0.2, 0) is 17.9 Å². The summed E-state index contributed by atoms with van der Waals surface area (Å²) in [6.07, 6.45) is 0. The molecule has 0 spiro atoms. The molecule has 0 unspecified atom stereocenters. The van der Waals surface area contributed by atoms with Crippen molar-refractivity contribution in [2.45, 2.75) is 27.0 Å². The van der Waals surface area contributed by atoms with Gasteiger partial charge in [0.1, 0.15) is 18.0 Å². The molecule has 2 aromatic rings. The summed E-state index contributed by atoms with van der Waals surface area (Å²) in [7, 11) is 1.95. The number of nitrogens with one attached hydrogen (secondary N) is 1. The van der Waals surface area contributed by atoms with Crippen molar-refractivity contribution in [1.29, 1.82) is 0 Å². The van der Waals surface area contributed by atoms with E-state index in [9.17, 15) is 0 Å². The third kappa shape index (κ3) is 4.06. The Bertz CT molecular complexity index is 547. The van der Waals surface area contributed by atoms with E-state index in [0.29, 0.717) is 6.61 Å². The SMILES string of the molecule is CCN(CC)CCOCc1oc2ccccc2c1CNC. The van der Waals surface area contributed by atoms with Crippen LogP contribution in [0.5, 0.6) is 0 Å². The minimum absolute atomic E-state index is 0.535. The lowest BCUT2D eigenvalue weighted by atomic mass is 10.1. The number of likely N-dealkylation sites (N-methyl/N-ethyl adjacent to an activating group) is 1. The molecule has 1 heterocycles. The van der Waals surface area contributed by atoms with E-state index in [1.54, 1.807) is 0 Å². The van der Waals surface area contributed by atoms with Gasteiger partial charge in [-0.25, -0.2) is 0 Å². The Balaban J connectivity index is 1.99. The predicted octanol–water partition coefficient (Wildman–Crippen LogP) is 3.01. The maximum absolute atomic E-state index is 5.93. The third-order valence-electron chi connectivity index (χ3n) is 3.81. The van der Waals surface area contributed by atoms with Crippen molar-refractivity contribution in [3.8, 4) is 0 Å². The van der Waals surface area contributed by atoms with Gasteiger partial charge in [-0.3, -0.25) is 0 Å². The monoisotopic (exact) mass is 290 g/mol. The smallest absolute Gasteiger partial charge is 0.135 e. The van der Waals surface area contributed by atoms with Gasteiger partial charge in [-0.15, -0.1) is 0 Å². The molecule has 0 saturated carbocycles.